The van der Waals surface area contributed by atoms with Crippen molar-refractivity contribution in [2.45, 2.75) is 19.3 Å². The predicted octanol–water partition coefficient (Wildman–Crippen LogP) is 2.60. The van der Waals surface area contributed by atoms with Crippen LogP contribution in [0, 0.1) is 22.6 Å². The van der Waals surface area contributed by atoms with E-state index in [4.69, 9.17) is 15.1 Å². The van der Waals surface area contributed by atoms with Crippen molar-refractivity contribution in [3.8, 4) is 11.8 Å². The van der Waals surface area contributed by atoms with Crippen molar-refractivity contribution in [1.29, 1.82) is 5.26 Å². The Morgan fingerprint density at radius 2 is 2.28 bits per heavy atom. The van der Waals surface area contributed by atoms with Crippen LogP contribution >= 0.6 is 0 Å². The molecule has 0 saturated heterocycles. The van der Waals surface area contributed by atoms with Gasteiger partial charge in [0.2, 0.25) is 0 Å². The monoisotopic (exact) mass is 249 g/mol. The molecule has 5 heteroatoms. The van der Waals surface area contributed by atoms with E-state index in [0.717, 1.165) is 18.9 Å². The van der Waals surface area contributed by atoms with Gasteiger partial charge in [-0.15, -0.1) is 0 Å². The fraction of sp³-hybridized carbons (Fsp3) is 0.385. The van der Waals surface area contributed by atoms with Crippen LogP contribution in [0.15, 0.2) is 18.2 Å². The van der Waals surface area contributed by atoms with Gasteiger partial charge in [0.05, 0.1) is 12.7 Å². The van der Waals surface area contributed by atoms with Gasteiger partial charge in [0.25, 0.3) is 0 Å². The van der Waals surface area contributed by atoms with Crippen LogP contribution in [0.25, 0.3) is 0 Å². The molecular weight excluding hydrogens is 237 g/mol. The summed E-state index contributed by atoms with van der Waals surface area (Å²) in [4.78, 5) is 10.9. The summed E-state index contributed by atoms with van der Waals surface area (Å²) in [6.45, 7) is 0.254. The second kappa shape index (κ2) is 4.65. The standard InChI is InChI=1S/C13H12FNO3/c14-9-2-1-3-10(11(9)12(16)17)18-8-13(4-5-13)6-7-15/h1-3H,4-6,8H2,(H,16,17). The number of nitriles is 1. The van der Waals surface area contributed by atoms with Crippen molar-refractivity contribution in [2.75, 3.05) is 6.61 Å². The first-order valence-electron chi connectivity index (χ1n) is 5.59. The molecule has 18 heavy (non-hydrogen) atoms. The van der Waals surface area contributed by atoms with E-state index >= 15 is 0 Å². The van der Waals surface area contributed by atoms with Gasteiger partial charge in [-0.25, -0.2) is 9.18 Å². The lowest BCUT2D eigenvalue weighted by molar-refractivity contribution is 0.0685. The Labute approximate surface area is 104 Å². The molecule has 4 nitrogen and oxygen atoms in total. The van der Waals surface area contributed by atoms with Gasteiger partial charge >= 0.3 is 5.97 Å². The number of nitrogens with zero attached hydrogens (tertiary/aromatic N) is 1. The van der Waals surface area contributed by atoms with Crippen molar-refractivity contribution >= 4 is 5.97 Å². The van der Waals surface area contributed by atoms with Gasteiger partial charge in [0.15, 0.2) is 0 Å². The Kier molecular flexibility index (Phi) is 3.19. The first kappa shape index (κ1) is 12.4. The molecule has 0 bridgehead atoms. The molecule has 0 radical (unpaired) electrons. The zero-order valence-electron chi connectivity index (χ0n) is 9.65. The zero-order valence-corrected chi connectivity index (χ0v) is 9.65. The number of aromatic carboxylic acids is 1. The van der Waals surface area contributed by atoms with Gasteiger partial charge in [-0.05, 0) is 25.0 Å². The van der Waals surface area contributed by atoms with Crippen LogP contribution in [0.3, 0.4) is 0 Å². The van der Waals surface area contributed by atoms with Crippen LogP contribution < -0.4 is 4.74 Å². The number of hydrogen-bond acceptors (Lipinski definition) is 3. The van der Waals surface area contributed by atoms with Crippen LogP contribution in [-0.4, -0.2) is 17.7 Å². The van der Waals surface area contributed by atoms with E-state index in [1.54, 1.807) is 0 Å². The van der Waals surface area contributed by atoms with E-state index < -0.39 is 17.3 Å². The molecule has 1 aliphatic rings. The number of halogens is 1. The maximum Gasteiger partial charge on any atom is 0.342 e. The van der Waals surface area contributed by atoms with Crippen molar-refractivity contribution in [2.24, 2.45) is 5.41 Å². The number of carbonyl (C=O) groups is 1. The highest BCUT2D eigenvalue weighted by Crippen LogP contribution is 2.48. The third-order valence-corrected chi connectivity index (χ3v) is 3.13. The van der Waals surface area contributed by atoms with Gasteiger partial charge in [-0.3, -0.25) is 0 Å². The Bertz CT molecular complexity index is 517. The first-order chi connectivity index (χ1) is 8.58. The minimum Gasteiger partial charge on any atom is -0.492 e. The molecule has 2 rings (SSSR count). The van der Waals surface area contributed by atoms with Gasteiger partial charge < -0.3 is 9.84 Å². The van der Waals surface area contributed by atoms with Crippen LogP contribution in [0.5, 0.6) is 5.75 Å². The molecule has 1 saturated carbocycles. The van der Waals surface area contributed by atoms with E-state index in [-0.39, 0.29) is 17.8 Å². The Balaban J connectivity index is 2.13. The summed E-state index contributed by atoms with van der Waals surface area (Å²) < 4.78 is 18.8. The van der Waals surface area contributed by atoms with Gasteiger partial charge in [0.1, 0.15) is 17.1 Å². The molecule has 0 unspecified atom stereocenters. The van der Waals surface area contributed by atoms with Crippen LogP contribution in [-0.2, 0) is 0 Å². The molecule has 1 fully saturated rings. The molecule has 0 aliphatic heterocycles. The Hall–Kier alpha value is -2.09. The van der Waals surface area contributed by atoms with Gasteiger partial charge in [-0.2, -0.15) is 5.26 Å². The second-order valence-electron chi connectivity index (χ2n) is 4.54. The molecule has 1 aromatic carbocycles. The lowest BCUT2D eigenvalue weighted by atomic mass is 10.1. The Morgan fingerprint density at radius 3 is 2.83 bits per heavy atom. The van der Waals surface area contributed by atoms with E-state index in [2.05, 4.69) is 6.07 Å². The largest absolute Gasteiger partial charge is 0.492 e. The topological polar surface area (TPSA) is 70.3 Å². The molecule has 1 aromatic rings. The summed E-state index contributed by atoms with van der Waals surface area (Å²) in [6.07, 6.45) is 2.15. The van der Waals surface area contributed by atoms with Crippen molar-refractivity contribution in [1.82, 2.24) is 0 Å². The average molecular weight is 249 g/mol. The van der Waals surface area contributed by atoms with E-state index in [0.29, 0.717) is 6.42 Å². The summed E-state index contributed by atoms with van der Waals surface area (Å²) in [6, 6.07) is 6.00. The maximum absolute atomic E-state index is 13.4. The SMILES string of the molecule is N#CCC1(COc2cccc(F)c2C(=O)O)CC1. The molecule has 1 N–H and O–H groups in total. The minimum atomic E-state index is -1.35. The second-order valence-corrected chi connectivity index (χ2v) is 4.54. The fourth-order valence-electron chi connectivity index (χ4n) is 1.78. The maximum atomic E-state index is 13.4. The van der Waals surface area contributed by atoms with E-state index in [1.165, 1.54) is 12.1 Å². The van der Waals surface area contributed by atoms with Gasteiger partial charge in [-0.1, -0.05) is 6.07 Å². The van der Waals surface area contributed by atoms with Crippen LogP contribution in [0.4, 0.5) is 4.39 Å². The normalized spacial score (nSPS) is 15.8. The number of rotatable bonds is 5. The minimum absolute atomic E-state index is 0.0201. The summed E-state index contributed by atoms with van der Waals surface area (Å²) in [5.74, 6) is -2.15. The summed E-state index contributed by atoms with van der Waals surface area (Å²) in [7, 11) is 0. The van der Waals surface area contributed by atoms with Crippen LogP contribution in [0.1, 0.15) is 29.6 Å². The molecule has 0 aromatic heterocycles. The lowest BCUT2D eigenvalue weighted by Gasteiger charge is -2.14. The molecule has 0 spiro atoms. The first-order valence-corrected chi connectivity index (χ1v) is 5.59. The fourth-order valence-corrected chi connectivity index (χ4v) is 1.78. The molecule has 94 valence electrons. The molecule has 0 heterocycles. The number of benzene rings is 1. The number of carboxylic acid groups (broad SMARTS) is 1. The highest BCUT2D eigenvalue weighted by atomic mass is 19.1. The number of ether oxygens (including phenoxy) is 1. The smallest absolute Gasteiger partial charge is 0.342 e. The third kappa shape index (κ3) is 2.43. The van der Waals surface area contributed by atoms with Crippen LogP contribution in [0.2, 0.25) is 0 Å². The molecule has 0 atom stereocenters. The summed E-state index contributed by atoms with van der Waals surface area (Å²) in [5.41, 5.74) is -0.623. The summed E-state index contributed by atoms with van der Waals surface area (Å²) >= 11 is 0. The van der Waals surface area contributed by atoms with Gasteiger partial charge in [0, 0.05) is 11.8 Å². The Morgan fingerprint density at radius 1 is 1.56 bits per heavy atom. The average Bonchev–Trinajstić information content (AvgIpc) is 3.07. The quantitative estimate of drug-likeness (QED) is 0.870. The van der Waals surface area contributed by atoms with E-state index in [9.17, 15) is 9.18 Å². The highest BCUT2D eigenvalue weighted by molar-refractivity contribution is 5.91. The van der Waals surface area contributed by atoms with Crippen molar-refractivity contribution in [3.63, 3.8) is 0 Å². The highest BCUT2D eigenvalue weighted by Gasteiger charge is 2.43. The summed E-state index contributed by atoms with van der Waals surface area (Å²) in [5, 5.41) is 17.6. The lowest BCUT2D eigenvalue weighted by Crippen LogP contribution is -2.14. The number of carboxylic acids is 1. The van der Waals surface area contributed by atoms with E-state index in [1.807, 2.05) is 0 Å². The third-order valence-electron chi connectivity index (χ3n) is 3.13. The molecule has 0 amide bonds. The zero-order chi connectivity index (χ0) is 13.2. The van der Waals surface area contributed by atoms with Crippen molar-refractivity contribution < 1.29 is 19.0 Å². The molecular formula is C13H12FNO3. The predicted molar refractivity (Wildman–Crippen MR) is 60.8 cm³/mol. The molecule has 1 aliphatic carbocycles. The number of hydrogen-bond donors (Lipinski definition) is 1. The van der Waals surface area contributed by atoms with Crippen molar-refractivity contribution in [3.05, 3.63) is 29.6 Å².